The summed E-state index contributed by atoms with van der Waals surface area (Å²) >= 11 is 0. The number of carbonyl (C=O) groups is 1. The molecule has 1 saturated heterocycles. The SMILES string of the molecule is CCN1CCN(C(=O)[C@H](CCCN=C(N)N[N+](=O)[O-])NS(=O)(=O)c2cccc(C)c2)CC1. The van der Waals surface area contributed by atoms with Gasteiger partial charge >= 0.3 is 0 Å². The van der Waals surface area contributed by atoms with Gasteiger partial charge in [-0.2, -0.15) is 4.72 Å². The number of nitro groups is 1. The lowest BCUT2D eigenvalue weighted by molar-refractivity contribution is -0.525. The molecule has 12 nitrogen and oxygen atoms in total. The Morgan fingerprint density at radius 1 is 1.31 bits per heavy atom. The Morgan fingerprint density at radius 2 is 2.00 bits per heavy atom. The number of hydrogen-bond donors (Lipinski definition) is 3. The lowest BCUT2D eigenvalue weighted by atomic mass is 10.1. The minimum atomic E-state index is -3.92. The lowest BCUT2D eigenvalue weighted by Gasteiger charge is -2.36. The number of rotatable bonds is 10. The molecule has 1 aromatic rings. The predicted molar refractivity (Wildman–Crippen MR) is 120 cm³/mol. The van der Waals surface area contributed by atoms with Crippen LogP contribution in [0.3, 0.4) is 0 Å². The van der Waals surface area contributed by atoms with Crippen LogP contribution in [-0.4, -0.2) is 80.4 Å². The number of hydrogen-bond acceptors (Lipinski definition) is 7. The zero-order valence-electron chi connectivity index (χ0n) is 18.4. The maximum atomic E-state index is 13.2. The molecule has 1 fully saturated rings. The van der Waals surface area contributed by atoms with E-state index in [4.69, 9.17) is 5.73 Å². The van der Waals surface area contributed by atoms with Gasteiger partial charge in [-0.15, -0.1) is 0 Å². The highest BCUT2D eigenvalue weighted by atomic mass is 32.2. The van der Waals surface area contributed by atoms with Gasteiger partial charge in [0.15, 0.2) is 5.03 Å². The van der Waals surface area contributed by atoms with Gasteiger partial charge in [0.25, 0.3) is 5.96 Å². The number of sulfonamides is 1. The van der Waals surface area contributed by atoms with Crippen LogP contribution in [0.5, 0.6) is 0 Å². The molecule has 0 bridgehead atoms. The Hall–Kier alpha value is -2.77. The minimum Gasteiger partial charge on any atom is -0.365 e. The molecule has 2 rings (SSSR count). The third kappa shape index (κ3) is 7.73. The Labute approximate surface area is 188 Å². The second-order valence-corrected chi connectivity index (χ2v) is 9.24. The van der Waals surface area contributed by atoms with Crippen LogP contribution < -0.4 is 15.9 Å². The first-order valence-corrected chi connectivity index (χ1v) is 11.9. The lowest BCUT2D eigenvalue weighted by Crippen LogP contribution is -2.54. The molecule has 0 unspecified atom stereocenters. The summed E-state index contributed by atoms with van der Waals surface area (Å²) in [6.07, 6.45) is 0.481. The highest BCUT2D eigenvalue weighted by Crippen LogP contribution is 2.14. The number of carbonyl (C=O) groups excluding carboxylic acids is 1. The second kappa shape index (κ2) is 11.7. The van der Waals surface area contributed by atoms with Crippen LogP contribution in [0.15, 0.2) is 34.2 Å². The first-order valence-electron chi connectivity index (χ1n) is 10.4. The summed E-state index contributed by atoms with van der Waals surface area (Å²) in [5, 5.41) is 9.56. The van der Waals surface area contributed by atoms with Gasteiger partial charge in [0.2, 0.25) is 15.9 Å². The summed E-state index contributed by atoms with van der Waals surface area (Å²) < 4.78 is 28.4. The molecule has 1 aliphatic heterocycles. The topological polar surface area (TPSA) is 163 Å². The molecule has 0 saturated carbocycles. The molecule has 13 heteroatoms. The highest BCUT2D eigenvalue weighted by molar-refractivity contribution is 7.89. The summed E-state index contributed by atoms with van der Waals surface area (Å²) in [4.78, 5) is 31.3. The molecule has 4 N–H and O–H groups in total. The average Bonchev–Trinajstić information content (AvgIpc) is 2.75. The van der Waals surface area contributed by atoms with Gasteiger partial charge < -0.3 is 15.5 Å². The number of benzene rings is 1. The second-order valence-electron chi connectivity index (χ2n) is 7.53. The molecular weight excluding hydrogens is 438 g/mol. The van der Waals surface area contributed by atoms with Gasteiger partial charge in [0, 0.05) is 32.7 Å². The van der Waals surface area contributed by atoms with E-state index >= 15 is 0 Å². The molecule has 0 radical (unpaired) electrons. The van der Waals surface area contributed by atoms with Crippen molar-refractivity contribution in [2.24, 2.45) is 10.7 Å². The fraction of sp³-hybridized carbons (Fsp3) is 0.579. The van der Waals surface area contributed by atoms with Crippen molar-refractivity contribution in [1.82, 2.24) is 19.9 Å². The minimum absolute atomic E-state index is 0.0866. The fourth-order valence-corrected chi connectivity index (χ4v) is 4.73. The smallest absolute Gasteiger partial charge is 0.251 e. The summed E-state index contributed by atoms with van der Waals surface area (Å²) in [6, 6.07) is 5.47. The van der Waals surface area contributed by atoms with Crippen LogP contribution >= 0.6 is 0 Å². The van der Waals surface area contributed by atoms with Crippen molar-refractivity contribution < 1.29 is 18.2 Å². The first-order chi connectivity index (χ1) is 15.1. The van der Waals surface area contributed by atoms with Crippen LogP contribution in [0.1, 0.15) is 25.3 Å². The van der Waals surface area contributed by atoms with Crippen molar-refractivity contribution in [2.75, 3.05) is 39.3 Å². The number of likely N-dealkylation sites (N-methyl/N-ethyl adjacent to an activating group) is 1. The number of hydrazine groups is 1. The van der Waals surface area contributed by atoms with Crippen molar-refractivity contribution in [3.63, 3.8) is 0 Å². The molecule has 1 amide bonds. The molecule has 32 heavy (non-hydrogen) atoms. The number of aryl methyl sites for hydroxylation is 1. The number of aliphatic imine (C=N–C) groups is 1. The van der Waals surface area contributed by atoms with Crippen LogP contribution in [0.25, 0.3) is 0 Å². The van der Waals surface area contributed by atoms with E-state index in [1.165, 1.54) is 12.1 Å². The Bertz CT molecular complexity index is 930. The number of guanidine groups is 1. The van der Waals surface area contributed by atoms with Crippen LogP contribution in [0.2, 0.25) is 0 Å². The highest BCUT2D eigenvalue weighted by Gasteiger charge is 2.30. The van der Waals surface area contributed by atoms with E-state index in [0.717, 1.165) is 25.2 Å². The normalized spacial score (nSPS) is 16.6. The predicted octanol–water partition coefficient (Wildman–Crippen LogP) is -0.318. The number of amides is 1. The largest absolute Gasteiger partial charge is 0.365 e. The summed E-state index contributed by atoms with van der Waals surface area (Å²) in [5.74, 6) is -0.647. The maximum absolute atomic E-state index is 13.2. The molecule has 1 aromatic carbocycles. The first kappa shape index (κ1) is 25.5. The monoisotopic (exact) mass is 469 g/mol. The standard InChI is InChI=1S/C19H31N7O5S/c1-3-24-10-12-25(13-11-24)18(27)17(8-5-9-21-19(20)22-26(28)29)23-32(30,31)16-7-4-6-15(2)14-16/h4,6-7,14,17,23H,3,5,8-13H2,1-2H3,(H3,20,21,22)/t17-/m0/s1. The zero-order chi connectivity index (χ0) is 23.7. The maximum Gasteiger partial charge on any atom is 0.251 e. The Morgan fingerprint density at radius 3 is 2.59 bits per heavy atom. The van der Waals surface area contributed by atoms with Gasteiger partial charge in [-0.1, -0.05) is 24.5 Å². The molecular formula is C19H31N7O5S. The molecule has 178 valence electrons. The van der Waals surface area contributed by atoms with E-state index < -0.39 is 21.1 Å². The van der Waals surface area contributed by atoms with E-state index in [-0.39, 0.29) is 29.7 Å². The Balaban J connectivity index is 2.11. The van der Waals surface area contributed by atoms with Gasteiger partial charge in [-0.05, 0) is 44.0 Å². The molecule has 1 heterocycles. The molecule has 0 spiro atoms. The van der Waals surface area contributed by atoms with E-state index in [1.54, 1.807) is 29.4 Å². The van der Waals surface area contributed by atoms with Gasteiger partial charge in [0.05, 0.1) is 4.90 Å². The number of nitrogens with one attached hydrogen (secondary N) is 2. The summed E-state index contributed by atoms with van der Waals surface area (Å²) in [5.41, 5.74) is 7.92. The van der Waals surface area contributed by atoms with E-state index in [9.17, 15) is 23.3 Å². The molecule has 1 aliphatic rings. The number of piperazine rings is 1. The van der Waals surface area contributed by atoms with Crippen molar-refractivity contribution in [3.05, 3.63) is 39.9 Å². The number of nitrogens with two attached hydrogens (primary N) is 1. The summed E-state index contributed by atoms with van der Waals surface area (Å²) in [6.45, 7) is 7.34. The van der Waals surface area contributed by atoms with Crippen molar-refractivity contribution >= 4 is 21.9 Å². The molecule has 1 atom stereocenters. The Kier molecular flexibility index (Phi) is 9.35. The third-order valence-corrected chi connectivity index (χ3v) is 6.63. The van der Waals surface area contributed by atoms with Gasteiger partial charge in [-0.25, -0.2) is 23.5 Å². The number of nitrogens with zero attached hydrogens (tertiary/aromatic N) is 4. The van der Waals surface area contributed by atoms with E-state index in [2.05, 4.69) is 21.5 Å². The fourth-order valence-electron chi connectivity index (χ4n) is 3.40. The van der Waals surface area contributed by atoms with Crippen molar-refractivity contribution in [3.8, 4) is 0 Å². The van der Waals surface area contributed by atoms with Crippen LogP contribution in [0, 0.1) is 17.0 Å². The van der Waals surface area contributed by atoms with Gasteiger partial charge in [-0.3, -0.25) is 4.79 Å². The van der Waals surface area contributed by atoms with Crippen LogP contribution in [0.4, 0.5) is 0 Å². The summed E-state index contributed by atoms with van der Waals surface area (Å²) in [7, 11) is -3.92. The van der Waals surface area contributed by atoms with Crippen LogP contribution in [-0.2, 0) is 14.8 Å². The van der Waals surface area contributed by atoms with Gasteiger partial charge in [0.1, 0.15) is 6.04 Å². The van der Waals surface area contributed by atoms with E-state index in [0.29, 0.717) is 19.5 Å². The van der Waals surface area contributed by atoms with E-state index in [1.807, 2.05) is 0 Å². The molecule has 0 aliphatic carbocycles. The quantitative estimate of drug-likeness (QED) is 0.138. The molecule has 0 aromatic heterocycles. The average molecular weight is 470 g/mol. The van der Waals surface area contributed by atoms with Crippen molar-refractivity contribution in [1.29, 1.82) is 0 Å². The third-order valence-electron chi connectivity index (χ3n) is 5.17. The zero-order valence-corrected chi connectivity index (χ0v) is 19.2. The van der Waals surface area contributed by atoms with Crippen molar-refractivity contribution in [2.45, 2.75) is 37.6 Å².